The topological polar surface area (TPSA) is 58.0 Å². The highest BCUT2D eigenvalue weighted by atomic mass is 35.5. The van der Waals surface area contributed by atoms with Gasteiger partial charge in [-0.3, -0.25) is 5.01 Å². The summed E-state index contributed by atoms with van der Waals surface area (Å²) in [5.74, 6) is 0. The minimum absolute atomic E-state index is 0.323. The lowest BCUT2D eigenvalue weighted by Crippen LogP contribution is -2.35. The van der Waals surface area contributed by atoms with Crippen LogP contribution in [0.15, 0.2) is 29.4 Å². The van der Waals surface area contributed by atoms with Crippen LogP contribution < -0.4 is 0 Å². The third kappa shape index (κ3) is 4.43. The van der Waals surface area contributed by atoms with E-state index in [1.807, 2.05) is 57.3 Å². The van der Waals surface area contributed by atoms with Gasteiger partial charge >= 0.3 is 6.09 Å². The van der Waals surface area contributed by atoms with Gasteiger partial charge in [-0.05, 0) is 49.6 Å². The van der Waals surface area contributed by atoms with Crippen LogP contribution in [0.3, 0.4) is 0 Å². The van der Waals surface area contributed by atoms with Crippen molar-refractivity contribution in [2.75, 3.05) is 26.7 Å². The molecule has 7 heteroatoms. The van der Waals surface area contributed by atoms with Crippen molar-refractivity contribution in [2.45, 2.75) is 26.4 Å². The molecular weight excluding hydrogens is 352 g/mol. The predicted molar refractivity (Wildman–Crippen MR) is 104 cm³/mol. The molecule has 6 nitrogen and oxygen atoms in total. The lowest BCUT2D eigenvalue weighted by atomic mass is 10.0. The Hall–Kier alpha value is -2.34. The summed E-state index contributed by atoms with van der Waals surface area (Å²) in [5, 5.41) is 6.58. The fourth-order valence-electron chi connectivity index (χ4n) is 2.72. The Morgan fingerprint density at radius 2 is 2.00 bits per heavy atom. The molecule has 0 radical (unpaired) electrons. The zero-order valence-electron chi connectivity index (χ0n) is 15.5. The highest BCUT2D eigenvalue weighted by molar-refractivity contribution is 6.30. The summed E-state index contributed by atoms with van der Waals surface area (Å²) >= 11 is 6.24. The van der Waals surface area contributed by atoms with E-state index in [-0.39, 0.29) is 6.09 Å². The number of carbonyl (C=O) groups excluding carboxylic acids is 1. The zero-order chi connectivity index (χ0) is 18.9. The quantitative estimate of drug-likeness (QED) is 0.741. The number of likely N-dealkylation sites (N-methyl/N-ethyl adjacent to an activating group) is 1. The van der Waals surface area contributed by atoms with Crippen molar-refractivity contribution in [1.82, 2.24) is 14.9 Å². The maximum atomic E-state index is 12.2. The van der Waals surface area contributed by atoms with Gasteiger partial charge in [-0.1, -0.05) is 23.8 Å². The summed E-state index contributed by atoms with van der Waals surface area (Å²) in [5.41, 5.74) is 3.20. The van der Waals surface area contributed by atoms with Crippen molar-refractivity contribution in [1.29, 1.82) is 0 Å². The number of carbonyl (C=O) groups is 1. The number of hydrazone groups is 1. The molecule has 2 aliphatic rings. The first-order chi connectivity index (χ1) is 12.2. The van der Waals surface area contributed by atoms with E-state index in [0.29, 0.717) is 18.2 Å². The van der Waals surface area contributed by atoms with Crippen molar-refractivity contribution in [2.24, 2.45) is 5.10 Å². The number of aromatic nitrogens is 1. The molecule has 0 atom stereocenters. The number of hydrogen-bond acceptors (Lipinski definition) is 5. The molecule has 1 aromatic rings. The van der Waals surface area contributed by atoms with Gasteiger partial charge in [-0.2, -0.15) is 5.10 Å². The summed E-state index contributed by atoms with van der Waals surface area (Å²) in [6, 6.07) is 3.81. The summed E-state index contributed by atoms with van der Waals surface area (Å²) in [6.07, 6.45) is 5.58. The van der Waals surface area contributed by atoms with Crippen LogP contribution >= 0.6 is 11.6 Å². The maximum Gasteiger partial charge on any atom is 0.410 e. The van der Waals surface area contributed by atoms with Gasteiger partial charge in [-0.25, -0.2) is 9.78 Å². The second-order valence-corrected chi connectivity index (χ2v) is 7.79. The normalized spacial score (nSPS) is 17.3. The van der Waals surface area contributed by atoms with Crippen LogP contribution in [0.1, 0.15) is 32.0 Å². The van der Waals surface area contributed by atoms with Gasteiger partial charge in [0, 0.05) is 13.6 Å². The largest absolute Gasteiger partial charge is 0.444 e. The third-order valence-electron chi connectivity index (χ3n) is 4.00. The molecular formula is C19H23ClN4O2. The molecule has 138 valence electrons. The molecule has 0 fully saturated rings. The molecule has 2 aliphatic heterocycles. The van der Waals surface area contributed by atoms with Crippen LogP contribution in [-0.4, -0.2) is 59.5 Å². The first kappa shape index (κ1) is 18.5. The average molecular weight is 375 g/mol. The summed E-state index contributed by atoms with van der Waals surface area (Å²) < 4.78 is 5.43. The average Bonchev–Trinajstić information content (AvgIpc) is 3.03. The number of nitrogens with zero attached hydrogens (tertiary/aromatic N) is 4. The van der Waals surface area contributed by atoms with Crippen LogP contribution in [0, 0.1) is 0 Å². The molecule has 3 rings (SSSR count). The van der Waals surface area contributed by atoms with E-state index < -0.39 is 5.60 Å². The third-order valence-corrected chi connectivity index (χ3v) is 4.19. The number of allylic oxidation sites excluding steroid dienone is 1. The lowest BCUT2D eigenvalue weighted by molar-refractivity contribution is 0.0306. The van der Waals surface area contributed by atoms with E-state index in [4.69, 9.17) is 16.3 Å². The van der Waals surface area contributed by atoms with Crippen molar-refractivity contribution in [3.63, 3.8) is 0 Å². The minimum atomic E-state index is -0.513. The molecule has 0 aromatic carbocycles. The monoisotopic (exact) mass is 374 g/mol. The minimum Gasteiger partial charge on any atom is -0.444 e. The van der Waals surface area contributed by atoms with Crippen molar-refractivity contribution >= 4 is 35.1 Å². The Labute approximate surface area is 158 Å². The Morgan fingerprint density at radius 3 is 2.65 bits per heavy atom. The molecule has 0 saturated heterocycles. The van der Waals surface area contributed by atoms with Crippen molar-refractivity contribution < 1.29 is 9.53 Å². The van der Waals surface area contributed by atoms with Crippen LogP contribution in [0.5, 0.6) is 0 Å². The summed E-state index contributed by atoms with van der Waals surface area (Å²) in [7, 11) is 1.92. The number of pyridine rings is 1. The second-order valence-electron chi connectivity index (χ2n) is 7.40. The molecule has 0 unspecified atom stereocenters. The van der Waals surface area contributed by atoms with Gasteiger partial charge in [0.15, 0.2) is 0 Å². The molecule has 26 heavy (non-hydrogen) atoms. The van der Waals surface area contributed by atoms with Gasteiger partial charge in [0.2, 0.25) is 0 Å². The van der Waals surface area contributed by atoms with E-state index in [2.05, 4.69) is 16.2 Å². The van der Waals surface area contributed by atoms with Gasteiger partial charge in [0.1, 0.15) is 10.8 Å². The van der Waals surface area contributed by atoms with E-state index in [1.54, 1.807) is 4.90 Å². The highest BCUT2D eigenvalue weighted by Crippen LogP contribution is 2.26. The highest BCUT2D eigenvalue weighted by Gasteiger charge is 2.26. The number of amides is 1. The smallest absolute Gasteiger partial charge is 0.410 e. The van der Waals surface area contributed by atoms with Gasteiger partial charge < -0.3 is 9.64 Å². The molecule has 0 bridgehead atoms. The van der Waals surface area contributed by atoms with E-state index in [9.17, 15) is 4.79 Å². The van der Waals surface area contributed by atoms with Crippen LogP contribution in [0.4, 0.5) is 4.79 Å². The van der Waals surface area contributed by atoms with E-state index >= 15 is 0 Å². The zero-order valence-corrected chi connectivity index (χ0v) is 16.2. The van der Waals surface area contributed by atoms with Gasteiger partial charge in [0.25, 0.3) is 0 Å². The van der Waals surface area contributed by atoms with Crippen LogP contribution in [0.25, 0.3) is 11.1 Å². The van der Waals surface area contributed by atoms with E-state index in [0.717, 1.165) is 28.9 Å². The second kappa shape index (κ2) is 7.11. The van der Waals surface area contributed by atoms with Crippen LogP contribution in [-0.2, 0) is 4.74 Å². The molecule has 0 aliphatic carbocycles. The molecule has 0 saturated carbocycles. The molecule has 0 N–H and O–H groups in total. The van der Waals surface area contributed by atoms with Gasteiger partial charge in [-0.15, -0.1) is 0 Å². The summed E-state index contributed by atoms with van der Waals surface area (Å²) in [6.45, 7) is 7.28. The number of rotatable bonds is 2. The fourth-order valence-corrected chi connectivity index (χ4v) is 2.93. The number of ether oxygens (including phenoxy) is 1. The standard InChI is InChI=1S/C19H23ClN4O2/c1-19(2,3)26-18(25)24-8-6-14(12-24)16-9-15(10-17(20)22-16)13-5-7-23(4)21-11-13/h5-6,9-11H,7-8,12H2,1-4H3. The van der Waals surface area contributed by atoms with E-state index in [1.165, 1.54) is 0 Å². The SMILES string of the molecule is CN1CC=C(c2cc(Cl)nc(C3=CCN(C(=O)OC(C)(C)C)C3)c2)C=N1. The predicted octanol–water partition coefficient (Wildman–Crippen LogP) is 3.68. The first-order valence-corrected chi connectivity index (χ1v) is 8.90. The Kier molecular flexibility index (Phi) is 5.05. The molecule has 0 spiro atoms. The number of halogens is 1. The Bertz CT molecular complexity index is 808. The van der Waals surface area contributed by atoms with Gasteiger partial charge in [0.05, 0.1) is 25.0 Å². The first-order valence-electron chi connectivity index (χ1n) is 8.52. The molecule has 1 aromatic heterocycles. The number of hydrogen-bond donors (Lipinski definition) is 0. The molecule has 1 amide bonds. The van der Waals surface area contributed by atoms with Crippen molar-refractivity contribution in [3.8, 4) is 0 Å². The molecule has 3 heterocycles. The van der Waals surface area contributed by atoms with Crippen LogP contribution in [0.2, 0.25) is 5.15 Å². The maximum absolute atomic E-state index is 12.2. The Morgan fingerprint density at radius 1 is 1.23 bits per heavy atom. The fraction of sp³-hybridized carbons (Fsp3) is 0.421. The lowest BCUT2D eigenvalue weighted by Gasteiger charge is -2.24. The Balaban J connectivity index is 1.76. The summed E-state index contributed by atoms with van der Waals surface area (Å²) in [4.78, 5) is 18.3. The van der Waals surface area contributed by atoms with Crippen molar-refractivity contribution in [3.05, 3.63) is 40.7 Å².